The minimum atomic E-state index is -0.905. The van der Waals surface area contributed by atoms with Gasteiger partial charge in [-0.2, -0.15) is 0 Å². The molecule has 120 valence electrons. The summed E-state index contributed by atoms with van der Waals surface area (Å²) in [4.78, 5) is 26.2. The number of pyridine rings is 1. The van der Waals surface area contributed by atoms with Gasteiger partial charge >= 0.3 is 5.97 Å². The number of fused-ring (bicyclic) bond motifs is 2. The fourth-order valence-electron chi connectivity index (χ4n) is 4.08. The minimum absolute atomic E-state index is 0.0500. The zero-order valence-corrected chi connectivity index (χ0v) is 12.6. The fraction of sp³-hybridized carbons (Fsp3) is 0.500. The van der Waals surface area contributed by atoms with Crippen LogP contribution in [0.4, 0.5) is 0 Å². The van der Waals surface area contributed by atoms with E-state index >= 15 is 0 Å². The average Bonchev–Trinajstić information content (AvgIpc) is 3.17. The van der Waals surface area contributed by atoms with Crippen molar-refractivity contribution in [2.24, 2.45) is 5.92 Å². The lowest BCUT2D eigenvalue weighted by atomic mass is 9.84. The van der Waals surface area contributed by atoms with Gasteiger partial charge in [-0.1, -0.05) is 12.8 Å². The number of carbonyl (C=O) groups excluding carboxylic acids is 1. The van der Waals surface area contributed by atoms with Gasteiger partial charge in [0.15, 0.2) is 5.65 Å². The van der Waals surface area contributed by atoms with Crippen molar-refractivity contribution < 1.29 is 14.7 Å². The van der Waals surface area contributed by atoms with Crippen molar-refractivity contribution >= 4 is 17.5 Å². The molecule has 7 nitrogen and oxygen atoms in total. The molecule has 1 aliphatic carbocycles. The van der Waals surface area contributed by atoms with E-state index in [9.17, 15) is 14.7 Å². The summed E-state index contributed by atoms with van der Waals surface area (Å²) in [5.41, 5.74) is 1.14. The van der Waals surface area contributed by atoms with Crippen molar-refractivity contribution in [3.63, 3.8) is 0 Å². The molecule has 2 aromatic heterocycles. The van der Waals surface area contributed by atoms with Crippen molar-refractivity contribution in [1.29, 1.82) is 0 Å². The second kappa shape index (κ2) is 5.33. The Labute approximate surface area is 132 Å². The van der Waals surface area contributed by atoms with Crippen molar-refractivity contribution in [2.45, 2.75) is 44.2 Å². The molecule has 1 amide bonds. The molecular formula is C16H18N4O3. The maximum atomic E-state index is 13.0. The van der Waals surface area contributed by atoms with E-state index in [0.717, 1.165) is 25.7 Å². The Hall–Kier alpha value is -2.44. The van der Waals surface area contributed by atoms with Gasteiger partial charge in [-0.25, -0.2) is 4.79 Å². The fourth-order valence-corrected chi connectivity index (χ4v) is 4.08. The summed E-state index contributed by atoms with van der Waals surface area (Å²) in [5, 5.41) is 17.3. The van der Waals surface area contributed by atoms with Crippen LogP contribution in [0.1, 0.15) is 42.5 Å². The Kier molecular flexibility index (Phi) is 3.28. The minimum Gasteiger partial charge on any atom is -0.480 e. The Morgan fingerprint density at radius 3 is 2.87 bits per heavy atom. The normalized spacial score (nSPS) is 27.1. The number of rotatable bonds is 2. The third kappa shape index (κ3) is 2.27. The highest BCUT2D eigenvalue weighted by Gasteiger charge is 2.47. The summed E-state index contributed by atoms with van der Waals surface area (Å²) in [6.45, 7) is 0. The van der Waals surface area contributed by atoms with Crippen LogP contribution in [0.25, 0.3) is 5.65 Å². The van der Waals surface area contributed by atoms with Crippen molar-refractivity contribution in [2.75, 3.05) is 0 Å². The van der Waals surface area contributed by atoms with Crippen LogP contribution in [0.5, 0.6) is 0 Å². The zero-order chi connectivity index (χ0) is 16.0. The topological polar surface area (TPSA) is 87.8 Å². The first-order chi connectivity index (χ1) is 11.1. The average molecular weight is 314 g/mol. The van der Waals surface area contributed by atoms with Crippen LogP contribution < -0.4 is 0 Å². The van der Waals surface area contributed by atoms with Gasteiger partial charge in [0.2, 0.25) is 0 Å². The second-order valence-corrected chi connectivity index (χ2v) is 6.43. The molecule has 1 saturated carbocycles. The van der Waals surface area contributed by atoms with E-state index in [4.69, 9.17) is 0 Å². The van der Waals surface area contributed by atoms with E-state index in [1.54, 1.807) is 27.6 Å². The molecule has 0 bridgehead atoms. The Morgan fingerprint density at radius 2 is 2.04 bits per heavy atom. The smallest absolute Gasteiger partial charge is 0.326 e. The molecule has 1 aliphatic heterocycles. The van der Waals surface area contributed by atoms with Crippen LogP contribution in [0.15, 0.2) is 24.7 Å². The standard InChI is InChI=1S/C16H18N4O3/c21-15(11-5-6-14-18-17-9-19(14)8-11)20-12-4-2-1-3-10(12)7-13(20)16(22)23/h5-6,8-10,12-13H,1-4,7H2,(H,22,23)/t10-,12+,13+/m1/s1. The van der Waals surface area contributed by atoms with Crippen molar-refractivity contribution in [3.05, 3.63) is 30.2 Å². The molecule has 4 rings (SSSR count). The molecule has 3 heterocycles. The number of hydrogen-bond donors (Lipinski definition) is 1. The highest BCUT2D eigenvalue weighted by atomic mass is 16.4. The Bertz CT molecular complexity index is 772. The third-order valence-corrected chi connectivity index (χ3v) is 5.15. The molecule has 1 N–H and O–H groups in total. The molecule has 2 fully saturated rings. The molecule has 23 heavy (non-hydrogen) atoms. The summed E-state index contributed by atoms with van der Waals surface area (Å²) >= 11 is 0. The highest BCUT2D eigenvalue weighted by molar-refractivity contribution is 5.97. The van der Waals surface area contributed by atoms with E-state index in [-0.39, 0.29) is 11.9 Å². The first-order valence-corrected chi connectivity index (χ1v) is 8.00. The van der Waals surface area contributed by atoms with Gasteiger partial charge < -0.3 is 10.0 Å². The van der Waals surface area contributed by atoms with E-state index < -0.39 is 12.0 Å². The van der Waals surface area contributed by atoms with E-state index in [2.05, 4.69) is 10.2 Å². The van der Waals surface area contributed by atoms with Crippen LogP contribution in [-0.4, -0.2) is 48.6 Å². The number of nitrogens with zero attached hydrogens (tertiary/aromatic N) is 4. The van der Waals surface area contributed by atoms with Crippen LogP contribution in [0, 0.1) is 5.92 Å². The summed E-state index contributed by atoms with van der Waals surface area (Å²) in [5.74, 6) is -0.798. The monoisotopic (exact) mass is 314 g/mol. The quantitative estimate of drug-likeness (QED) is 0.909. The maximum absolute atomic E-state index is 13.0. The third-order valence-electron chi connectivity index (χ3n) is 5.15. The number of aromatic nitrogens is 3. The number of amides is 1. The van der Waals surface area contributed by atoms with Gasteiger partial charge in [0, 0.05) is 12.2 Å². The highest BCUT2D eigenvalue weighted by Crippen LogP contribution is 2.40. The molecule has 7 heteroatoms. The summed E-state index contributed by atoms with van der Waals surface area (Å²) in [7, 11) is 0. The second-order valence-electron chi connectivity index (χ2n) is 6.43. The van der Waals surface area contributed by atoms with Gasteiger partial charge in [-0.15, -0.1) is 10.2 Å². The molecule has 3 atom stereocenters. The molecule has 2 aromatic rings. The van der Waals surface area contributed by atoms with Gasteiger partial charge in [0.1, 0.15) is 12.4 Å². The maximum Gasteiger partial charge on any atom is 0.326 e. The number of carboxylic acid groups (broad SMARTS) is 1. The molecular weight excluding hydrogens is 296 g/mol. The molecule has 0 unspecified atom stereocenters. The molecule has 2 aliphatic rings. The molecule has 1 saturated heterocycles. The number of likely N-dealkylation sites (tertiary alicyclic amines) is 1. The van der Waals surface area contributed by atoms with Crippen LogP contribution in [0.3, 0.4) is 0 Å². The number of carboxylic acids is 1. The molecule has 0 radical (unpaired) electrons. The van der Waals surface area contributed by atoms with Gasteiger partial charge in [0.05, 0.1) is 5.56 Å². The van der Waals surface area contributed by atoms with Crippen LogP contribution in [0.2, 0.25) is 0 Å². The molecule has 0 spiro atoms. The lowest BCUT2D eigenvalue weighted by Crippen LogP contribution is -2.46. The first-order valence-electron chi connectivity index (χ1n) is 8.00. The summed E-state index contributed by atoms with van der Waals surface area (Å²) in [6, 6.07) is 2.76. The van der Waals surface area contributed by atoms with Crippen LogP contribution >= 0.6 is 0 Å². The predicted molar refractivity (Wildman–Crippen MR) is 80.9 cm³/mol. The van der Waals surface area contributed by atoms with Crippen molar-refractivity contribution in [1.82, 2.24) is 19.5 Å². The van der Waals surface area contributed by atoms with Crippen LogP contribution in [-0.2, 0) is 4.79 Å². The lowest BCUT2D eigenvalue weighted by molar-refractivity contribution is -0.141. The number of hydrogen-bond acceptors (Lipinski definition) is 4. The zero-order valence-electron chi connectivity index (χ0n) is 12.6. The lowest BCUT2D eigenvalue weighted by Gasteiger charge is -2.33. The van der Waals surface area contributed by atoms with E-state index in [0.29, 0.717) is 23.5 Å². The van der Waals surface area contributed by atoms with Gasteiger partial charge in [0.25, 0.3) is 5.91 Å². The van der Waals surface area contributed by atoms with E-state index in [1.807, 2.05) is 0 Å². The number of aliphatic carboxylic acids is 1. The van der Waals surface area contributed by atoms with E-state index in [1.165, 1.54) is 6.33 Å². The SMILES string of the molecule is O=C(O)[C@@H]1C[C@H]2CCCC[C@@H]2N1C(=O)c1ccc2nncn2c1. The van der Waals surface area contributed by atoms with Crippen molar-refractivity contribution in [3.8, 4) is 0 Å². The Morgan fingerprint density at radius 1 is 1.22 bits per heavy atom. The number of carbonyl (C=O) groups is 2. The molecule has 0 aromatic carbocycles. The Balaban J connectivity index is 1.70. The predicted octanol–water partition coefficient (Wildman–Crippen LogP) is 1.59. The van der Waals surface area contributed by atoms with Gasteiger partial charge in [-0.3, -0.25) is 9.20 Å². The summed E-state index contributed by atoms with van der Waals surface area (Å²) < 4.78 is 1.68. The first kappa shape index (κ1) is 14.2. The largest absolute Gasteiger partial charge is 0.480 e. The summed E-state index contributed by atoms with van der Waals surface area (Å²) in [6.07, 6.45) is 7.88. The van der Waals surface area contributed by atoms with Gasteiger partial charge in [-0.05, 0) is 37.3 Å².